The first-order valence-electron chi connectivity index (χ1n) is 3.83. The number of terminal acetylenes is 1. The summed E-state index contributed by atoms with van der Waals surface area (Å²) in [5.74, 6) is 3.23. The van der Waals surface area contributed by atoms with E-state index >= 15 is 0 Å². The van der Waals surface area contributed by atoms with Crippen molar-refractivity contribution < 1.29 is 4.79 Å². The lowest BCUT2D eigenvalue weighted by Crippen LogP contribution is -2.53. The molecule has 1 rings (SSSR count). The summed E-state index contributed by atoms with van der Waals surface area (Å²) in [7, 11) is 0. The Labute approximate surface area is 76.7 Å². The van der Waals surface area contributed by atoms with E-state index in [9.17, 15) is 4.79 Å². The van der Waals surface area contributed by atoms with E-state index in [2.05, 4.69) is 16.6 Å². The minimum atomic E-state index is -0.0164. The second-order valence-electron chi connectivity index (χ2n) is 2.73. The van der Waals surface area contributed by atoms with Crippen molar-refractivity contribution in [2.75, 3.05) is 5.75 Å². The van der Waals surface area contributed by atoms with Gasteiger partial charge < -0.3 is 5.32 Å². The highest BCUT2D eigenvalue weighted by atomic mass is 32.2. The highest BCUT2D eigenvalue weighted by Crippen LogP contribution is 2.10. The average Bonchev–Trinajstić information content (AvgIpc) is 1.99. The summed E-state index contributed by atoms with van der Waals surface area (Å²) in [5.41, 5.74) is -0.0164. The number of carbonyl (C=O) groups excluding carboxylic acids is 1. The van der Waals surface area contributed by atoms with Crippen LogP contribution in [0.25, 0.3) is 0 Å². The Morgan fingerprint density at radius 1 is 1.83 bits per heavy atom. The van der Waals surface area contributed by atoms with Gasteiger partial charge in [0.25, 0.3) is 0 Å². The molecule has 2 unspecified atom stereocenters. The summed E-state index contributed by atoms with van der Waals surface area (Å²) < 4.78 is 0. The predicted octanol–water partition coefficient (Wildman–Crippen LogP) is 0.134. The molecule has 0 aromatic carbocycles. The van der Waals surface area contributed by atoms with Crippen LogP contribution >= 0.6 is 11.8 Å². The van der Waals surface area contributed by atoms with Crippen LogP contribution in [0, 0.1) is 12.3 Å². The van der Waals surface area contributed by atoms with Crippen molar-refractivity contribution in [3.63, 3.8) is 0 Å². The van der Waals surface area contributed by atoms with Crippen molar-refractivity contribution in [1.82, 2.24) is 10.6 Å². The van der Waals surface area contributed by atoms with Gasteiger partial charge in [0.1, 0.15) is 5.50 Å². The zero-order valence-electron chi connectivity index (χ0n) is 6.96. The van der Waals surface area contributed by atoms with Gasteiger partial charge in [0.05, 0.1) is 5.75 Å². The molecule has 1 aliphatic rings. The third kappa shape index (κ3) is 2.76. The third-order valence-electron chi connectivity index (χ3n) is 1.55. The van der Waals surface area contributed by atoms with E-state index < -0.39 is 0 Å². The van der Waals surface area contributed by atoms with Gasteiger partial charge in [0.15, 0.2) is 0 Å². The number of hydrogen-bond donors (Lipinski definition) is 2. The van der Waals surface area contributed by atoms with Crippen molar-refractivity contribution in [3.05, 3.63) is 0 Å². The Balaban J connectivity index is 2.35. The highest BCUT2D eigenvalue weighted by Gasteiger charge is 2.21. The zero-order chi connectivity index (χ0) is 8.97. The van der Waals surface area contributed by atoms with Gasteiger partial charge in [-0.25, -0.2) is 0 Å². The molecule has 0 radical (unpaired) electrons. The molecule has 4 heteroatoms. The van der Waals surface area contributed by atoms with Gasteiger partial charge in [-0.3, -0.25) is 10.1 Å². The summed E-state index contributed by atoms with van der Waals surface area (Å²) in [6.07, 6.45) is 5.65. The summed E-state index contributed by atoms with van der Waals surface area (Å²) in [4.78, 5) is 11.0. The molecule has 1 fully saturated rings. The van der Waals surface area contributed by atoms with Crippen LogP contribution in [-0.2, 0) is 4.79 Å². The van der Waals surface area contributed by atoms with Crippen molar-refractivity contribution in [2.24, 2.45) is 0 Å². The quantitative estimate of drug-likeness (QED) is 0.600. The Morgan fingerprint density at radius 3 is 3.17 bits per heavy atom. The fourth-order valence-electron chi connectivity index (χ4n) is 1.06. The van der Waals surface area contributed by atoms with Gasteiger partial charge in [-0.05, 0) is 6.92 Å². The number of thioether (sulfide) groups is 1. The first-order valence-corrected chi connectivity index (χ1v) is 4.87. The van der Waals surface area contributed by atoms with E-state index in [1.165, 1.54) is 11.8 Å². The maximum atomic E-state index is 11.0. The lowest BCUT2D eigenvalue weighted by molar-refractivity contribution is -0.123. The van der Waals surface area contributed by atoms with Gasteiger partial charge in [-0.15, -0.1) is 18.2 Å². The van der Waals surface area contributed by atoms with Gasteiger partial charge in [-0.2, -0.15) is 0 Å². The van der Waals surface area contributed by atoms with Crippen LogP contribution < -0.4 is 10.6 Å². The monoisotopic (exact) mass is 184 g/mol. The maximum Gasteiger partial charge on any atom is 0.223 e. The number of hydrogen-bond acceptors (Lipinski definition) is 3. The average molecular weight is 184 g/mol. The number of nitrogens with one attached hydrogen (secondary N) is 2. The molecule has 1 amide bonds. The molecule has 2 N–H and O–H groups in total. The molecule has 0 spiro atoms. The number of carbonyl (C=O) groups is 1. The summed E-state index contributed by atoms with van der Waals surface area (Å²) in [5, 5.41) is 6.02. The van der Waals surface area contributed by atoms with Crippen LogP contribution in [-0.4, -0.2) is 23.2 Å². The van der Waals surface area contributed by atoms with Crippen molar-refractivity contribution in [1.29, 1.82) is 0 Å². The Morgan fingerprint density at radius 2 is 2.58 bits per heavy atom. The molecule has 3 nitrogen and oxygen atoms in total. The molecule has 2 atom stereocenters. The first-order chi connectivity index (χ1) is 5.72. The number of amides is 1. The van der Waals surface area contributed by atoms with E-state index in [-0.39, 0.29) is 17.4 Å². The Kier molecular flexibility index (Phi) is 3.45. The SMILES string of the molecule is C#CCSC1NC(=O)CC(C)N1. The fourth-order valence-corrected chi connectivity index (χ4v) is 1.87. The van der Waals surface area contributed by atoms with Crippen molar-refractivity contribution in [2.45, 2.75) is 24.9 Å². The molecule has 0 aliphatic carbocycles. The molecule has 0 bridgehead atoms. The van der Waals surface area contributed by atoms with Gasteiger partial charge in [0.2, 0.25) is 5.91 Å². The summed E-state index contributed by atoms with van der Waals surface area (Å²) >= 11 is 1.53. The molecular weight excluding hydrogens is 172 g/mol. The predicted molar refractivity (Wildman–Crippen MR) is 50.4 cm³/mol. The summed E-state index contributed by atoms with van der Waals surface area (Å²) in [6, 6.07) is 0.244. The standard InChI is InChI=1S/C8H12N2OS/c1-3-4-12-8-9-6(2)5-7(11)10-8/h1,6,8-9H,4-5H2,2H3,(H,10,11). The zero-order valence-corrected chi connectivity index (χ0v) is 7.78. The lowest BCUT2D eigenvalue weighted by atomic mass is 10.2. The second-order valence-corrected chi connectivity index (χ2v) is 3.83. The fraction of sp³-hybridized carbons (Fsp3) is 0.625. The van der Waals surface area contributed by atoms with E-state index in [4.69, 9.17) is 6.42 Å². The van der Waals surface area contributed by atoms with Crippen LogP contribution in [0.1, 0.15) is 13.3 Å². The van der Waals surface area contributed by atoms with E-state index in [1.807, 2.05) is 6.92 Å². The maximum absolute atomic E-state index is 11.0. The van der Waals surface area contributed by atoms with Crippen LogP contribution in [0.2, 0.25) is 0 Å². The Bertz CT molecular complexity index is 212. The largest absolute Gasteiger partial charge is 0.332 e. The first kappa shape index (κ1) is 9.43. The van der Waals surface area contributed by atoms with E-state index in [0.717, 1.165) is 0 Å². The molecule has 1 heterocycles. The van der Waals surface area contributed by atoms with E-state index in [0.29, 0.717) is 12.2 Å². The van der Waals surface area contributed by atoms with Crippen LogP contribution in [0.4, 0.5) is 0 Å². The van der Waals surface area contributed by atoms with Crippen LogP contribution in [0.3, 0.4) is 0 Å². The smallest absolute Gasteiger partial charge is 0.223 e. The molecule has 1 saturated heterocycles. The lowest BCUT2D eigenvalue weighted by Gasteiger charge is -2.28. The van der Waals surface area contributed by atoms with Crippen LogP contribution in [0.15, 0.2) is 0 Å². The minimum Gasteiger partial charge on any atom is -0.332 e. The summed E-state index contributed by atoms with van der Waals surface area (Å²) in [6.45, 7) is 1.99. The topological polar surface area (TPSA) is 41.1 Å². The van der Waals surface area contributed by atoms with Gasteiger partial charge >= 0.3 is 0 Å². The molecule has 66 valence electrons. The second kappa shape index (κ2) is 4.39. The molecule has 0 aromatic rings. The molecular formula is C8H12N2OS. The molecule has 12 heavy (non-hydrogen) atoms. The van der Waals surface area contributed by atoms with Crippen molar-refractivity contribution in [3.8, 4) is 12.3 Å². The Hall–Kier alpha value is -0.660. The molecule has 1 aliphatic heterocycles. The normalized spacial score (nSPS) is 29.2. The van der Waals surface area contributed by atoms with Gasteiger partial charge in [0, 0.05) is 12.5 Å². The van der Waals surface area contributed by atoms with E-state index in [1.54, 1.807) is 0 Å². The third-order valence-corrected chi connectivity index (χ3v) is 2.47. The van der Waals surface area contributed by atoms with Gasteiger partial charge in [-0.1, -0.05) is 5.92 Å². The van der Waals surface area contributed by atoms with Crippen molar-refractivity contribution >= 4 is 17.7 Å². The van der Waals surface area contributed by atoms with Crippen LogP contribution in [0.5, 0.6) is 0 Å². The number of rotatable bonds is 2. The minimum absolute atomic E-state index is 0.0164. The highest BCUT2D eigenvalue weighted by molar-refractivity contribution is 8.00. The molecule has 0 aromatic heterocycles. The molecule has 0 saturated carbocycles.